The molecule has 2 N–H and O–H groups in total. The summed E-state index contributed by atoms with van der Waals surface area (Å²) < 4.78 is 24.7. The number of hydrogen-bond acceptors (Lipinski definition) is 4. The summed E-state index contributed by atoms with van der Waals surface area (Å²) in [5.74, 6) is 0.300. The van der Waals surface area contributed by atoms with Crippen LogP contribution in [0.4, 0.5) is 5.82 Å². The highest BCUT2D eigenvalue weighted by Gasteiger charge is 2.18. The van der Waals surface area contributed by atoms with E-state index in [0.717, 1.165) is 11.1 Å². The van der Waals surface area contributed by atoms with Gasteiger partial charge in [-0.15, -0.1) is 0 Å². The number of rotatable bonds is 2. The molecule has 0 radical (unpaired) electrons. The summed E-state index contributed by atoms with van der Waals surface area (Å²) in [7, 11) is -3.51. The molecule has 0 aliphatic rings. The molecule has 94 valence electrons. The van der Waals surface area contributed by atoms with E-state index in [2.05, 4.69) is 4.98 Å². The van der Waals surface area contributed by atoms with E-state index in [1.54, 1.807) is 18.2 Å². The number of pyridine rings is 1. The lowest BCUT2D eigenvalue weighted by atomic mass is 10.1. The van der Waals surface area contributed by atoms with Crippen molar-refractivity contribution in [1.29, 1.82) is 0 Å². The van der Waals surface area contributed by atoms with Gasteiger partial charge in [-0.25, -0.2) is 13.4 Å². The fraction of sp³-hybridized carbons (Fsp3) is 0.154. The van der Waals surface area contributed by atoms with E-state index < -0.39 is 9.84 Å². The van der Waals surface area contributed by atoms with Crippen LogP contribution < -0.4 is 5.73 Å². The molecule has 0 amide bonds. The summed E-state index contributed by atoms with van der Waals surface area (Å²) in [5, 5.41) is 0. The highest BCUT2D eigenvalue weighted by molar-refractivity contribution is 7.91. The summed E-state index contributed by atoms with van der Waals surface area (Å²) in [6.07, 6.45) is 1.28. The molecule has 0 spiro atoms. The van der Waals surface area contributed by atoms with E-state index >= 15 is 0 Å². The number of sulfone groups is 1. The summed E-state index contributed by atoms with van der Waals surface area (Å²) in [6, 6.07) is 8.02. The Hall–Kier alpha value is -1.88. The van der Waals surface area contributed by atoms with Gasteiger partial charge in [0.25, 0.3) is 0 Å². The molecule has 0 fully saturated rings. The Bertz CT molecular complexity index is 677. The molecule has 1 aromatic heterocycles. The molecule has 4 nitrogen and oxygen atoms in total. The van der Waals surface area contributed by atoms with Crippen LogP contribution in [0.1, 0.15) is 11.1 Å². The molecule has 18 heavy (non-hydrogen) atoms. The number of anilines is 1. The lowest BCUT2D eigenvalue weighted by Gasteiger charge is -2.07. The molecule has 0 atom stereocenters. The highest BCUT2D eigenvalue weighted by atomic mass is 32.2. The number of nitrogen functional groups attached to an aromatic ring is 1. The molecule has 2 aromatic rings. The largest absolute Gasteiger partial charge is 0.384 e. The quantitative estimate of drug-likeness (QED) is 0.899. The molecule has 0 saturated carbocycles. The minimum Gasteiger partial charge on any atom is -0.384 e. The zero-order valence-corrected chi connectivity index (χ0v) is 11.0. The Balaban J connectivity index is 2.54. The van der Waals surface area contributed by atoms with Gasteiger partial charge in [0.15, 0.2) is 0 Å². The van der Waals surface area contributed by atoms with Crippen LogP contribution in [0.15, 0.2) is 46.3 Å². The van der Waals surface area contributed by atoms with Crippen LogP contribution in [0.5, 0.6) is 0 Å². The number of nitrogens with zero attached hydrogens (tertiary/aromatic N) is 1. The Morgan fingerprint density at radius 3 is 2.22 bits per heavy atom. The highest BCUT2D eigenvalue weighted by Crippen LogP contribution is 2.22. The van der Waals surface area contributed by atoms with Crippen molar-refractivity contribution in [3.05, 3.63) is 47.7 Å². The van der Waals surface area contributed by atoms with Crippen molar-refractivity contribution in [2.24, 2.45) is 0 Å². The normalized spacial score (nSPS) is 11.4. The van der Waals surface area contributed by atoms with E-state index in [9.17, 15) is 8.42 Å². The lowest BCUT2D eigenvalue weighted by Crippen LogP contribution is -2.04. The van der Waals surface area contributed by atoms with Crippen molar-refractivity contribution in [2.45, 2.75) is 23.6 Å². The van der Waals surface area contributed by atoms with Gasteiger partial charge in [-0.2, -0.15) is 0 Å². The summed E-state index contributed by atoms with van der Waals surface area (Å²) in [4.78, 5) is 4.24. The Labute approximate surface area is 106 Å². The standard InChI is InChI=1S/C13H14N2O2S/c1-9-3-4-11(7-10(9)2)18(16,17)12-5-6-13(14)15-8-12/h3-8H,1-2H3,(H2,14,15). The molecule has 5 heteroatoms. The minimum atomic E-state index is -3.51. The summed E-state index contributed by atoms with van der Waals surface area (Å²) >= 11 is 0. The van der Waals surface area contributed by atoms with E-state index in [-0.39, 0.29) is 9.79 Å². The Morgan fingerprint density at radius 2 is 1.67 bits per heavy atom. The average molecular weight is 262 g/mol. The van der Waals surface area contributed by atoms with Crippen LogP contribution in [0.2, 0.25) is 0 Å². The maximum atomic E-state index is 12.3. The smallest absolute Gasteiger partial charge is 0.208 e. The van der Waals surface area contributed by atoms with Crippen LogP contribution in [0.25, 0.3) is 0 Å². The van der Waals surface area contributed by atoms with E-state index in [4.69, 9.17) is 5.73 Å². The van der Waals surface area contributed by atoms with Gasteiger partial charge in [0.2, 0.25) is 9.84 Å². The molecule has 0 unspecified atom stereocenters. The van der Waals surface area contributed by atoms with Crippen molar-refractivity contribution in [3.8, 4) is 0 Å². The van der Waals surface area contributed by atoms with Crippen molar-refractivity contribution in [2.75, 3.05) is 5.73 Å². The van der Waals surface area contributed by atoms with E-state index in [1.165, 1.54) is 18.3 Å². The monoisotopic (exact) mass is 262 g/mol. The van der Waals surface area contributed by atoms with Gasteiger partial charge in [-0.1, -0.05) is 6.07 Å². The molecular formula is C13H14N2O2S. The molecule has 1 aromatic carbocycles. The summed E-state index contributed by atoms with van der Waals surface area (Å²) in [5.41, 5.74) is 7.45. The van der Waals surface area contributed by atoms with Gasteiger partial charge in [0.1, 0.15) is 5.82 Å². The van der Waals surface area contributed by atoms with Crippen molar-refractivity contribution in [1.82, 2.24) is 4.98 Å². The van der Waals surface area contributed by atoms with Gasteiger partial charge < -0.3 is 5.73 Å². The van der Waals surface area contributed by atoms with Crippen molar-refractivity contribution in [3.63, 3.8) is 0 Å². The third-order valence-electron chi connectivity index (χ3n) is 2.86. The average Bonchev–Trinajstić information content (AvgIpc) is 2.33. The molecule has 1 heterocycles. The first-order chi connectivity index (χ1) is 8.41. The van der Waals surface area contributed by atoms with Crippen molar-refractivity contribution < 1.29 is 8.42 Å². The SMILES string of the molecule is Cc1ccc(S(=O)(=O)c2ccc(N)nc2)cc1C. The number of benzene rings is 1. The Morgan fingerprint density at radius 1 is 1.00 bits per heavy atom. The first-order valence-corrected chi connectivity index (χ1v) is 6.93. The molecule has 0 aliphatic heterocycles. The molecule has 0 bridgehead atoms. The predicted molar refractivity (Wildman–Crippen MR) is 70.0 cm³/mol. The van der Waals surface area contributed by atoms with E-state index in [1.807, 2.05) is 13.8 Å². The van der Waals surface area contributed by atoms with E-state index in [0.29, 0.717) is 5.82 Å². The molecule has 0 saturated heterocycles. The number of aryl methyl sites for hydroxylation is 2. The zero-order chi connectivity index (χ0) is 13.3. The third-order valence-corrected chi connectivity index (χ3v) is 4.59. The molecular weight excluding hydrogens is 248 g/mol. The fourth-order valence-electron chi connectivity index (χ4n) is 1.57. The third kappa shape index (κ3) is 2.22. The number of nitrogens with two attached hydrogens (primary N) is 1. The second kappa shape index (κ2) is 4.42. The molecule has 0 aliphatic carbocycles. The maximum absolute atomic E-state index is 12.3. The zero-order valence-electron chi connectivity index (χ0n) is 10.2. The second-order valence-electron chi connectivity index (χ2n) is 4.17. The van der Waals surface area contributed by atoms with Crippen LogP contribution in [0.3, 0.4) is 0 Å². The van der Waals surface area contributed by atoms with Gasteiger partial charge >= 0.3 is 0 Å². The van der Waals surface area contributed by atoms with Crippen LogP contribution in [-0.4, -0.2) is 13.4 Å². The Kier molecular flexibility index (Phi) is 3.09. The molecule has 2 rings (SSSR count). The lowest BCUT2D eigenvalue weighted by molar-refractivity contribution is 0.595. The van der Waals surface area contributed by atoms with Gasteiger partial charge in [-0.3, -0.25) is 0 Å². The summed E-state index contributed by atoms with van der Waals surface area (Å²) in [6.45, 7) is 3.83. The topological polar surface area (TPSA) is 73.0 Å². The van der Waals surface area contributed by atoms with Crippen LogP contribution in [0, 0.1) is 13.8 Å². The first kappa shape index (κ1) is 12.6. The fourth-order valence-corrected chi connectivity index (χ4v) is 2.86. The van der Waals surface area contributed by atoms with Gasteiger partial charge in [0, 0.05) is 6.20 Å². The number of aromatic nitrogens is 1. The minimum absolute atomic E-state index is 0.153. The van der Waals surface area contributed by atoms with Crippen LogP contribution in [-0.2, 0) is 9.84 Å². The van der Waals surface area contributed by atoms with Crippen LogP contribution >= 0.6 is 0 Å². The second-order valence-corrected chi connectivity index (χ2v) is 6.12. The van der Waals surface area contributed by atoms with Crippen molar-refractivity contribution >= 4 is 15.7 Å². The maximum Gasteiger partial charge on any atom is 0.208 e. The van der Waals surface area contributed by atoms with Gasteiger partial charge in [0.05, 0.1) is 9.79 Å². The number of hydrogen-bond donors (Lipinski definition) is 1. The van der Waals surface area contributed by atoms with Gasteiger partial charge in [-0.05, 0) is 49.2 Å². The predicted octanol–water partition coefficient (Wildman–Crippen LogP) is 2.11. The first-order valence-electron chi connectivity index (χ1n) is 5.45.